The molecule has 0 aliphatic heterocycles. The predicted molar refractivity (Wildman–Crippen MR) is 198 cm³/mol. The summed E-state index contributed by atoms with van der Waals surface area (Å²) < 4.78 is 50.2. The Hall–Kier alpha value is -6.82. The summed E-state index contributed by atoms with van der Waals surface area (Å²) in [5, 5.41) is 5.56. The van der Waals surface area contributed by atoms with Crippen LogP contribution in [-0.2, 0) is 19.8 Å². The van der Waals surface area contributed by atoms with E-state index in [0.717, 1.165) is 22.9 Å². The number of hydrogen-bond donors (Lipinski definition) is 2. The van der Waals surface area contributed by atoms with Gasteiger partial charge in [0.05, 0.1) is 27.5 Å². The Balaban J connectivity index is 1.32. The smallest absolute Gasteiger partial charge is 0.257 e. The van der Waals surface area contributed by atoms with E-state index in [2.05, 4.69) is 20.6 Å². The molecule has 1 amide bonds. The quantitative estimate of drug-likeness (QED) is 0.101. The Morgan fingerprint density at radius 1 is 0.623 bits per heavy atom. The van der Waals surface area contributed by atoms with Gasteiger partial charge in [-0.1, -0.05) is 91.0 Å². The number of rotatable bonds is 16. The van der Waals surface area contributed by atoms with Crippen LogP contribution >= 0.6 is 0 Å². The second-order valence-electron chi connectivity index (χ2n) is 11.5. The highest BCUT2D eigenvalue weighted by atomic mass is 19.1. The predicted octanol–water partition coefficient (Wildman–Crippen LogP) is 8.37. The number of hydrogen-bond acceptors (Lipinski definition) is 10. The monoisotopic (exact) mass is 716 g/mol. The van der Waals surface area contributed by atoms with Crippen molar-refractivity contribution in [2.75, 3.05) is 32.0 Å². The van der Waals surface area contributed by atoms with E-state index in [4.69, 9.17) is 28.4 Å². The maximum atomic E-state index is 15.1. The van der Waals surface area contributed by atoms with E-state index in [9.17, 15) is 4.79 Å². The number of anilines is 3. The van der Waals surface area contributed by atoms with Crippen LogP contribution in [0.5, 0.6) is 34.5 Å². The van der Waals surface area contributed by atoms with Crippen molar-refractivity contribution < 1.29 is 37.6 Å². The van der Waals surface area contributed by atoms with E-state index in [-0.39, 0.29) is 48.6 Å². The summed E-state index contributed by atoms with van der Waals surface area (Å²) in [7, 11) is 4.47. The number of ether oxygens (including phenoxy) is 6. The average molecular weight is 717 g/mol. The second-order valence-corrected chi connectivity index (χ2v) is 11.5. The molecule has 5 aromatic carbocycles. The lowest BCUT2D eigenvalue weighted by molar-refractivity contribution is 0.102. The molecular weight excluding hydrogens is 679 g/mol. The molecule has 0 saturated heterocycles. The first-order valence-electron chi connectivity index (χ1n) is 16.5. The van der Waals surface area contributed by atoms with Crippen molar-refractivity contribution in [3.63, 3.8) is 0 Å². The first kappa shape index (κ1) is 36.0. The number of nitrogens with one attached hydrogen (secondary N) is 2. The zero-order valence-electron chi connectivity index (χ0n) is 29.3. The van der Waals surface area contributed by atoms with Gasteiger partial charge in [0.25, 0.3) is 5.91 Å². The van der Waals surface area contributed by atoms with Crippen molar-refractivity contribution in [3.05, 3.63) is 150 Å². The van der Waals surface area contributed by atoms with Gasteiger partial charge in [0.1, 0.15) is 19.8 Å². The Morgan fingerprint density at radius 3 is 1.58 bits per heavy atom. The molecule has 1 aromatic heterocycles. The fourth-order valence-electron chi connectivity index (χ4n) is 5.24. The third kappa shape index (κ3) is 9.30. The molecule has 0 atom stereocenters. The van der Waals surface area contributed by atoms with Crippen LogP contribution in [0.15, 0.2) is 121 Å². The molecule has 0 saturated carbocycles. The molecule has 53 heavy (non-hydrogen) atoms. The zero-order chi connectivity index (χ0) is 37.0. The molecule has 2 N–H and O–H groups in total. The highest BCUT2D eigenvalue weighted by Gasteiger charge is 2.22. The van der Waals surface area contributed by atoms with E-state index in [0.29, 0.717) is 28.7 Å². The van der Waals surface area contributed by atoms with Crippen LogP contribution in [0.4, 0.5) is 21.8 Å². The highest BCUT2D eigenvalue weighted by molar-refractivity contribution is 6.04. The first-order valence-corrected chi connectivity index (χ1v) is 16.5. The van der Waals surface area contributed by atoms with Crippen molar-refractivity contribution in [2.45, 2.75) is 19.8 Å². The SMILES string of the molecule is COc1cc(Nc2ncc(F)c(NC(=O)c3cc(OCc4ccccc4)c(OCc4ccccc4)c(OCc4ccccc4)c3)n2)cc(OC)c1OC. The molecule has 1 heterocycles. The third-order valence-corrected chi connectivity index (χ3v) is 7.88. The van der Waals surface area contributed by atoms with Crippen LogP contribution in [0.1, 0.15) is 27.0 Å². The highest BCUT2D eigenvalue weighted by Crippen LogP contribution is 2.42. The Kier molecular flexibility index (Phi) is 11.8. The molecule has 0 bridgehead atoms. The van der Waals surface area contributed by atoms with Crippen LogP contribution in [0.25, 0.3) is 0 Å². The lowest BCUT2D eigenvalue weighted by Crippen LogP contribution is -2.16. The molecule has 11 nitrogen and oxygen atoms in total. The number of halogens is 1. The summed E-state index contributed by atoms with van der Waals surface area (Å²) in [6.45, 7) is 0.577. The number of nitrogens with zero attached hydrogens (tertiary/aromatic N) is 2. The third-order valence-electron chi connectivity index (χ3n) is 7.88. The lowest BCUT2D eigenvalue weighted by atomic mass is 10.1. The number of amides is 1. The van der Waals surface area contributed by atoms with Gasteiger partial charge in [-0.25, -0.2) is 9.37 Å². The first-order chi connectivity index (χ1) is 25.9. The molecule has 0 aliphatic carbocycles. The molecule has 0 unspecified atom stereocenters. The maximum absolute atomic E-state index is 15.1. The number of carbonyl (C=O) groups is 1. The van der Waals surface area contributed by atoms with Crippen LogP contribution in [-0.4, -0.2) is 37.2 Å². The van der Waals surface area contributed by atoms with Crippen molar-refractivity contribution in [1.82, 2.24) is 9.97 Å². The summed E-state index contributed by atoms with van der Waals surface area (Å²) in [6, 6.07) is 35.1. The number of carbonyl (C=O) groups excluding carboxylic acids is 1. The van der Waals surface area contributed by atoms with Crippen LogP contribution in [0.3, 0.4) is 0 Å². The number of methoxy groups -OCH3 is 3. The van der Waals surface area contributed by atoms with Crippen molar-refractivity contribution in [2.24, 2.45) is 0 Å². The minimum atomic E-state index is -0.849. The number of aromatic nitrogens is 2. The summed E-state index contributed by atoms with van der Waals surface area (Å²) >= 11 is 0. The van der Waals surface area contributed by atoms with Gasteiger partial charge in [0.2, 0.25) is 17.4 Å². The normalized spacial score (nSPS) is 10.6. The standard InChI is InChI=1S/C41H37FN4O7/c1-48-33-21-31(22-34(49-2)37(33)50-3)44-41-43-23-32(42)39(46-41)45-40(47)30-19-35(51-24-27-13-7-4-8-14-27)38(53-26-29-17-11-6-12-18-29)36(20-30)52-25-28-15-9-5-10-16-28/h4-23H,24-26H2,1-3H3,(H2,43,44,45,46,47). The number of benzene rings is 5. The van der Waals surface area contributed by atoms with Gasteiger partial charge in [-0.15, -0.1) is 0 Å². The van der Waals surface area contributed by atoms with Gasteiger partial charge in [0.15, 0.2) is 34.6 Å². The Labute approximate surface area is 306 Å². The largest absolute Gasteiger partial charge is 0.493 e. The molecule has 0 aliphatic rings. The molecule has 6 aromatic rings. The van der Waals surface area contributed by atoms with E-state index in [1.807, 2.05) is 91.0 Å². The minimum Gasteiger partial charge on any atom is -0.493 e. The maximum Gasteiger partial charge on any atom is 0.257 e. The molecule has 0 fully saturated rings. The molecule has 12 heteroatoms. The fourth-order valence-corrected chi connectivity index (χ4v) is 5.24. The van der Waals surface area contributed by atoms with Crippen molar-refractivity contribution >= 4 is 23.4 Å². The molecular formula is C41H37FN4O7. The topological polar surface area (TPSA) is 122 Å². The van der Waals surface area contributed by atoms with E-state index in [1.165, 1.54) is 33.5 Å². The average Bonchev–Trinajstić information content (AvgIpc) is 3.20. The summed E-state index contributed by atoms with van der Waals surface area (Å²) in [5.41, 5.74) is 3.30. The van der Waals surface area contributed by atoms with E-state index in [1.54, 1.807) is 12.1 Å². The summed E-state index contributed by atoms with van der Waals surface area (Å²) in [4.78, 5) is 22.1. The molecule has 0 radical (unpaired) electrons. The van der Waals surface area contributed by atoms with Crippen molar-refractivity contribution in [3.8, 4) is 34.5 Å². The van der Waals surface area contributed by atoms with Gasteiger partial charge >= 0.3 is 0 Å². The lowest BCUT2D eigenvalue weighted by Gasteiger charge is -2.19. The van der Waals surface area contributed by atoms with Crippen LogP contribution < -0.4 is 39.1 Å². The molecule has 270 valence electrons. The van der Waals surface area contributed by atoms with E-state index >= 15 is 4.39 Å². The molecule has 6 rings (SSSR count). The van der Waals surface area contributed by atoms with Gasteiger partial charge in [0, 0.05) is 23.4 Å². The Morgan fingerprint density at radius 2 is 1.11 bits per heavy atom. The van der Waals surface area contributed by atoms with Crippen molar-refractivity contribution in [1.29, 1.82) is 0 Å². The van der Waals surface area contributed by atoms with E-state index < -0.39 is 11.7 Å². The summed E-state index contributed by atoms with van der Waals surface area (Å²) in [5.74, 6) is 0.104. The zero-order valence-corrected chi connectivity index (χ0v) is 29.3. The van der Waals surface area contributed by atoms with Gasteiger partial charge < -0.3 is 39.1 Å². The minimum absolute atomic E-state index is 0.000556. The van der Waals surface area contributed by atoms with Crippen LogP contribution in [0.2, 0.25) is 0 Å². The van der Waals surface area contributed by atoms with Gasteiger partial charge in [-0.3, -0.25) is 4.79 Å². The Bertz CT molecular complexity index is 2050. The van der Waals surface area contributed by atoms with Gasteiger partial charge in [-0.2, -0.15) is 4.98 Å². The fraction of sp³-hybridized carbons (Fsp3) is 0.146. The van der Waals surface area contributed by atoms with Gasteiger partial charge in [-0.05, 0) is 28.8 Å². The second kappa shape index (κ2) is 17.4. The summed E-state index contributed by atoms with van der Waals surface area (Å²) in [6.07, 6.45) is 0.951. The van der Waals surface area contributed by atoms with Crippen LogP contribution in [0, 0.1) is 5.82 Å². The molecule has 0 spiro atoms.